The van der Waals surface area contributed by atoms with Crippen molar-refractivity contribution < 1.29 is 0 Å². The van der Waals surface area contributed by atoms with E-state index in [4.69, 9.17) is 22.7 Å². The van der Waals surface area contributed by atoms with Gasteiger partial charge in [0.25, 0.3) is 0 Å². The highest BCUT2D eigenvalue weighted by Gasteiger charge is 1.71. The van der Waals surface area contributed by atoms with Crippen molar-refractivity contribution in [2.24, 2.45) is 5.73 Å². The maximum Gasteiger partial charge on any atom is 0.122 e. The fraction of sp³-hybridized carbons (Fsp3) is 0. The molecule has 6 heavy (non-hydrogen) atoms. The largest absolute Gasteiger partial charge is 0.405 e. The second-order valence-corrected chi connectivity index (χ2v) is 1.11. The third-order valence-electron chi connectivity index (χ3n) is 0.243. The molecule has 0 fully saturated rings. The first-order chi connectivity index (χ1) is 2.77. The van der Waals surface area contributed by atoms with E-state index in [1.54, 1.807) is 0 Å². The Kier molecular flexibility index (Phi) is 2.50. The highest BCUT2D eigenvalue weighted by Crippen LogP contribution is 1.77. The summed E-state index contributed by atoms with van der Waals surface area (Å²) in [5, 5.41) is 6.45. The topological polar surface area (TPSA) is 49.9 Å². The molecule has 0 atom stereocenters. The summed E-state index contributed by atoms with van der Waals surface area (Å²) in [6.07, 6.45) is 2.51. The van der Waals surface area contributed by atoms with Gasteiger partial charge in [0.1, 0.15) is 5.17 Å². The Morgan fingerprint density at radius 2 is 2.33 bits per heavy atom. The predicted octanol–water partition coefficient (Wildman–Crippen LogP) is 0.675. The van der Waals surface area contributed by atoms with Gasteiger partial charge in [-0.25, -0.2) is 0 Å². The number of nitrogens with one attached hydrogen (secondary N) is 1. The molecule has 0 rings (SSSR count). The molecule has 0 aliphatic heterocycles. The number of halogens is 1. The molecule has 0 saturated carbocycles. The first-order valence-electron chi connectivity index (χ1n) is 1.39. The summed E-state index contributed by atoms with van der Waals surface area (Å²) >= 11 is 4.99. The Morgan fingerprint density at radius 3 is 2.33 bits per heavy atom. The second-order valence-electron chi connectivity index (χ2n) is 0.707. The summed E-state index contributed by atoms with van der Waals surface area (Å²) in [5.41, 5.74) is 4.82. The van der Waals surface area contributed by atoms with Gasteiger partial charge in [-0.05, 0) is 12.3 Å². The van der Waals surface area contributed by atoms with Crippen LogP contribution >= 0.6 is 11.6 Å². The van der Waals surface area contributed by atoms with Crippen LogP contribution in [0.3, 0.4) is 0 Å². The highest BCUT2D eigenvalue weighted by molar-refractivity contribution is 6.67. The van der Waals surface area contributed by atoms with Gasteiger partial charge >= 0.3 is 0 Å². The quantitative estimate of drug-likeness (QED) is 0.472. The Hall–Kier alpha value is -0.500. The molecular weight excluding hydrogens is 99.5 g/mol. The van der Waals surface area contributed by atoms with Crippen molar-refractivity contribution in [2.75, 3.05) is 0 Å². The van der Waals surface area contributed by atoms with Crippen LogP contribution in [-0.4, -0.2) is 5.17 Å². The number of allylic oxidation sites excluding steroid dienone is 1. The van der Waals surface area contributed by atoms with E-state index in [1.807, 2.05) is 0 Å². The maximum absolute atomic E-state index is 6.49. The molecule has 0 amide bonds. The van der Waals surface area contributed by atoms with Crippen LogP contribution in [-0.2, 0) is 0 Å². The van der Waals surface area contributed by atoms with Gasteiger partial charge < -0.3 is 5.73 Å². The van der Waals surface area contributed by atoms with Crippen LogP contribution in [0.1, 0.15) is 0 Å². The summed E-state index contributed by atoms with van der Waals surface area (Å²) in [7, 11) is 0. The van der Waals surface area contributed by atoms with Crippen LogP contribution < -0.4 is 5.73 Å². The molecule has 0 saturated heterocycles. The lowest BCUT2D eigenvalue weighted by molar-refractivity contribution is 1.54. The van der Waals surface area contributed by atoms with Crippen molar-refractivity contribution in [1.29, 1.82) is 5.41 Å². The molecule has 3 heteroatoms. The fourth-order valence-electron chi connectivity index (χ4n) is 0.0845. The third kappa shape index (κ3) is 3.50. The van der Waals surface area contributed by atoms with E-state index in [2.05, 4.69) is 0 Å². The van der Waals surface area contributed by atoms with Crippen LogP contribution in [0.4, 0.5) is 0 Å². The number of hydrogen-bond acceptors (Lipinski definition) is 2. The Labute approximate surface area is 41.1 Å². The van der Waals surface area contributed by atoms with Gasteiger partial charge in [0.05, 0.1) is 0 Å². The first kappa shape index (κ1) is 5.50. The van der Waals surface area contributed by atoms with Crippen LogP contribution in [0, 0.1) is 5.41 Å². The number of rotatable bonds is 1. The van der Waals surface area contributed by atoms with Crippen molar-refractivity contribution in [2.45, 2.75) is 0 Å². The maximum atomic E-state index is 6.49. The first-order valence-corrected chi connectivity index (χ1v) is 1.77. The van der Waals surface area contributed by atoms with Crippen LogP contribution in [0.25, 0.3) is 0 Å². The number of nitrogens with two attached hydrogens (primary N) is 1. The average Bonchev–Trinajstić information content (AvgIpc) is 1.35. The Morgan fingerprint density at radius 1 is 1.83 bits per heavy atom. The summed E-state index contributed by atoms with van der Waals surface area (Å²) in [4.78, 5) is 0. The molecule has 2 nitrogen and oxygen atoms in total. The van der Waals surface area contributed by atoms with Crippen LogP contribution in [0.5, 0.6) is 0 Å². The van der Waals surface area contributed by atoms with Gasteiger partial charge in [0.15, 0.2) is 0 Å². The van der Waals surface area contributed by atoms with E-state index in [0.29, 0.717) is 0 Å². The molecule has 0 radical (unpaired) electrons. The molecule has 3 N–H and O–H groups in total. The van der Waals surface area contributed by atoms with Crippen LogP contribution in [0.15, 0.2) is 12.3 Å². The van der Waals surface area contributed by atoms with E-state index in [0.717, 1.165) is 0 Å². The summed E-state index contributed by atoms with van der Waals surface area (Å²) in [6, 6.07) is 0. The lowest BCUT2D eigenvalue weighted by Gasteiger charge is -1.70. The molecule has 0 aliphatic rings. The molecule has 0 aromatic rings. The van der Waals surface area contributed by atoms with Crippen molar-refractivity contribution in [3.8, 4) is 0 Å². The molecule has 0 heterocycles. The predicted molar refractivity (Wildman–Crippen MR) is 26.9 cm³/mol. The fourth-order valence-corrected chi connectivity index (χ4v) is 0.157. The van der Waals surface area contributed by atoms with E-state index < -0.39 is 0 Å². The Bertz CT molecular complexity index is 76.9. The molecule has 0 unspecified atom stereocenters. The lowest BCUT2D eigenvalue weighted by Crippen LogP contribution is -1.79. The minimum absolute atomic E-state index is 0.0440. The molecule has 0 bridgehead atoms. The standard InChI is InChI=1S/C3H5ClN2/c4-3(6)1-2-5/h1-2,6H,5H2. The SMILES string of the molecule is N=C(Cl)C=CN. The minimum Gasteiger partial charge on any atom is -0.405 e. The van der Waals surface area contributed by atoms with Crippen molar-refractivity contribution >= 4 is 16.8 Å². The molecule has 0 aromatic carbocycles. The minimum atomic E-state index is -0.0440. The normalized spacial score (nSPS) is 9.50. The number of hydrogen-bond donors (Lipinski definition) is 2. The molecular formula is C3H5ClN2. The molecule has 0 aliphatic carbocycles. The van der Waals surface area contributed by atoms with Crippen molar-refractivity contribution in [1.82, 2.24) is 0 Å². The molecule has 0 aromatic heterocycles. The monoisotopic (exact) mass is 104 g/mol. The zero-order valence-corrected chi connectivity index (χ0v) is 3.87. The van der Waals surface area contributed by atoms with Gasteiger partial charge in [-0.1, -0.05) is 11.6 Å². The summed E-state index contributed by atoms with van der Waals surface area (Å²) in [5.74, 6) is 0. The van der Waals surface area contributed by atoms with E-state index >= 15 is 0 Å². The van der Waals surface area contributed by atoms with Gasteiger partial charge in [0, 0.05) is 0 Å². The average molecular weight is 105 g/mol. The Balaban J connectivity index is 3.30. The van der Waals surface area contributed by atoms with Crippen molar-refractivity contribution in [3.05, 3.63) is 12.3 Å². The van der Waals surface area contributed by atoms with E-state index in [-0.39, 0.29) is 5.17 Å². The van der Waals surface area contributed by atoms with E-state index in [9.17, 15) is 0 Å². The van der Waals surface area contributed by atoms with Gasteiger partial charge in [-0.15, -0.1) is 0 Å². The van der Waals surface area contributed by atoms with Gasteiger partial charge in [-0.2, -0.15) is 0 Å². The van der Waals surface area contributed by atoms with Gasteiger partial charge in [-0.3, -0.25) is 5.41 Å². The smallest absolute Gasteiger partial charge is 0.122 e. The van der Waals surface area contributed by atoms with Crippen LogP contribution in [0.2, 0.25) is 0 Å². The summed E-state index contributed by atoms with van der Waals surface area (Å²) in [6.45, 7) is 0. The zero-order valence-electron chi connectivity index (χ0n) is 3.11. The summed E-state index contributed by atoms with van der Waals surface area (Å²) < 4.78 is 0. The van der Waals surface area contributed by atoms with Gasteiger partial charge in [0.2, 0.25) is 0 Å². The molecule has 34 valence electrons. The third-order valence-corrected chi connectivity index (χ3v) is 0.369. The second kappa shape index (κ2) is 2.72. The van der Waals surface area contributed by atoms with Crippen molar-refractivity contribution in [3.63, 3.8) is 0 Å². The highest BCUT2D eigenvalue weighted by atomic mass is 35.5. The molecule has 0 spiro atoms. The zero-order chi connectivity index (χ0) is 4.99. The lowest BCUT2D eigenvalue weighted by atomic mass is 10.7. The van der Waals surface area contributed by atoms with E-state index in [1.165, 1.54) is 12.3 Å².